The van der Waals surface area contributed by atoms with E-state index in [2.05, 4.69) is 25.8 Å². The number of aromatic nitrogens is 4. The maximum Gasteiger partial charge on any atom is 0.272 e. The van der Waals surface area contributed by atoms with Crippen molar-refractivity contribution in [3.05, 3.63) is 30.2 Å². The van der Waals surface area contributed by atoms with Gasteiger partial charge in [0.1, 0.15) is 11.5 Å². The summed E-state index contributed by atoms with van der Waals surface area (Å²) in [6.07, 6.45) is 7.26. The molecule has 8 heteroatoms. The number of hydrogen-bond donors (Lipinski definition) is 2. The van der Waals surface area contributed by atoms with Crippen molar-refractivity contribution >= 4 is 17.6 Å². The number of amides is 2. The molecule has 2 aromatic heterocycles. The SMILES string of the molecule is CC.CC(=O)Nc1ccc(-n2nccn2)c(C(=O)NC2CCCC2)n1. The first kappa shape index (κ1) is 18.6. The van der Waals surface area contributed by atoms with E-state index >= 15 is 0 Å². The molecular weight excluding hydrogens is 320 g/mol. The summed E-state index contributed by atoms with van der Waals surface area (Å²) in [4.78, 5) is 29.4. The molecule has 0 aliphatic heterocycles. The third kappa shape index (κ3) is 4.85. The molecule has 8 nitrogen and oxygen atoms in total. The molecule has 2 heterocycles. The fraction of sp³-hybridized carbons (Fsp3) is 0.471. The van der Waals surface area contributed by atoms with Gasteiger partial charge in [-0.15, -0.1) is 4.80 Å². The highest BCUT2D eigenvalue weighted by molar-refractivity contribution is 5.97. The lowest BCUT2D eigenvalue weighted by Crippen LogP contribution is -2.34. The Kier molecular flexibility index (Phi) is 6.62. The van der Waals surface area contributed by atoms with E-state index in [1.165, 1.54) is 24.1 Å². The first-order valence-corrected chi connectivity index (χ1v) is 8.59. The summed E-state index contributed by atoms with van der Waals surface area (Å²) in [6, 6.07) is 3.46. The number of hydrogen-bond acceptors (Lipinski definition) is 5. The van der Waals surface area contributed by atoms with Gasteiger partial charge in [0.2, 0.25) is 5.91 Å². The van der Waals surface area contributed by atoms with Crippen LogP contribution in [-0.4, -0.2) is 37.8 Å². The normalized spacial score (nSPS) is 13.7. The van der Waals surface area contributed by atoms with Gasteiger partial charge in [-0.2, -0.15) is 10.2 Å². The smallest absolute Gasteiger partial charge is 0.272 e. The van der Waals surface area contributed by atoms with E-state index in [0.717, 1.165) is 25.7 Å². The second-order valence-corrected chi connectivity index (χ2v) is 5.52. The summed E-state index contributed by atoms with van der Waals surface area (Å²) in [5.41, 5.74) is 0.666. The lowest BCUT2D eigenvalue weighted by atomic mass is 10.2. The van der Waals surface area contributed by atoms with E-state index in [1.807, 2.05) is 13.8 Å². The molecule has 1 saturated carbocycles. The second kappa shape index (κ2) is 8.91. The summed E-state index contributed by atoms with van der Waals surface area (Å²) < 4.78 is 0. The van der Waals surface area contributed by atoms with Gasteiger partial charge in [-0.1, -0.05) is 26.7 Å². The van der Waals surface area contributed by atoms with E-state index in [9.17, 15) is 9.59 Å². The van der Waals surface area contributed by atoms with Crippen LogP contribution in [0.3, 0.4) is 0 Å². The summed E-state index contributed by atoms with van der Waals surface area (Å²) in [5.74, 6) is -0.203. The molecule has 25 heavy (non-hydrogen) atoms. The topological polar surface area (TPSA) is 102 Å². The Bertz CT molecular complexity index is 708. The monoisotopic (exact) mass is 344 g/mol. The number of nitrogens with zero attached hydrogens (tertiary/aromatic N) is 4. The Morgan fingerprint density at radius 2 is 1.76 bits per heavy atom. The van der Waals surface area contributed by atoms with E-state index in [1.54, 1.807) is 12.1 Å². The van der Waals surface area contributed by atoms with Crippen LogP contribution in [0.1, 0.15) is 56.9 Å². The summed E-state index contributed by atoms with van der Waals surface area (Å²) in [5, 5.41) is 13.7. The Labute approximate surface area is 147 Å². The van der Waals surface area contributed by atoms with Gasteiger partial charge in [0.15, 0.2) is 5.69 Å². The Balaban J connectivity index is 0.00000109. The minimum atomic E-state index is -0.281. The van der Waals surface area contributed by atoms with Crippen molar-refractivity contribution in [2.75, 3.05) is 5.32 Å². The molecule has 2 amide bonds. The maximum absolute atomic E-state index is 12.6. The standard InChI is InChI=1S/C15H18N6O2.C2H6/c1-10(22)18-13-7-6-12(21-16-8-9-17-21)14(20-13)15(23)19-11-4-2-3-5-11;1-2/h6-9,11H,2-5H2,1H3,(H,19,23)(H,18,20,22);1-2H3. The van der Waals surface area contributed by atoms with Crippen molar-refractivity contribution < 1.29 is 9.59 Å². The molecule has 2 aromatic rings. The van der Waals surface area contributed by atoms with Gasteiger partial charge in [0.05, 0.1) is 12.4 Å². The Morgan fingerprint density at radius 1 is 1.12 bits per heavy atom. The highest BCUT2D eigenvalue weighted by atomic mass is 16.2. The zero-order valence-corrected chi connectivity index (χ0v) is 14.8. The number of pyridine rings is 1. The highest BCUT2D eigenvalue weighted by Crippen LogP contribution is 2.20. The van der Waals surface area contributed by atoms with Crippen molar-refractivity contribution in [1.29, 1.82) is 0 Å². The summed E-state index contributed by atoms with van der Waals surface area (Å²) in [6.45, 7) is 5.39. The fourth-order valence-electron chi connectivity index (χ4n) is 2.69. The van der Waals surface area contributed by atoms with Gasteiger partial charge >= 0.3 is 0 Å². The lowest BCUT2D eigenvalue weighted by Gasteiger charge is -2.14. The van der Waals surface area contributed by atoms with Crippen LogP contribution in [0.4, 0.5) is 5.82 Å². The van der Waals surface area contributed by atoms with Crippen LogP contribution in [0.2, 0.25) is 0 Å². The Morgan fingerprint density at radius 3 is 2.36 bits per heavy atom. The van der Waals surface area contributed by atoms with Crippen LogP contribution < -0.4 is 10.6 Å². The molecule has 0 spiro atoms. The third-order valence-corrected chi connectivity index (χ3v) is 3.72. The number of carbonyl (C=O) groups is 2. The fourth-order valence-corrected chi connectivity index (χ4v) is 2.69. The predicted octanol–water partition coefficient (Wildman–Crippen LogP) is 2.32. The van der Waals surface area contributed by atoms with E-state index < -0.39 is 0 Å². The molecule has 0 radical (unpaired) electrons. The molecule has 134 valence electrons. The van der Waals surface area contributed by atoms with Crippen molar-refractivity contribution in [2.45, 2.75) is 52.5 Å². The molecular formula is C17H24N6O2. The van der Waals surface area contributed by atoms with Crippen LogP contribution in [0.25, 0.3) is 5.69 Å². The van der Waals surface area contributed by atoms with Crippen molar-refractivity contribution in [1.82, 2.24) is 25.3 Å². The predicted molar refractivity (Wildman–Crippen MR) is 94.5 cm³/mol. The summed E-state index contributed by atoms with van der Waals surface area (Å²) >= 11 is 0. The molecule has 0 aromatic carbocycles. The molecule has 1 fully saturated rings. The number of anilines is 1. The molecule has 0 atom stereocenters. The molecule has 1 aliphatic carbocycles. The zero-order chi connectivity index (χ0) is 18.2. The average molecular weight is 344 g/mol. The molecule has 0 unspecified atom stereocenters. The van der Waals surface area contributed by atoms with Gasteiger partial charge in [-0.3, -0.25) is 9.59 Å². The van der Waals surface area contributed by atoms with Crippen LogP contribution in [-0.2, 0) is 4.79 Å². The number of carbonyl (C=O) groups excluding carboxylic acids is 2. The van der Waals surface area contributed by atoms with Crippen LogP contribution in [0.15, 0.2) is 24.5 Å². The highest BCUT2D eigenvalue weighted by Gasteiger charge is 2.22. The van der Waals surface area contributed by atoms with E-state index in [0.29, 0.717) is 11.5 Å². The number of nitrogens with one attached hydrogen (secondary N) is 2. The van der Waals surface area contributed by atoms with Gasteiger partial charge in [0, 0.05) is 13.0 Å². The summed E-state index contributed by atoms with van der Waals surface area (Å²) in [7, 11) is 0. The molecule has 0 bridgehead atoms. The van der Waals surface area contributed by atoms with Gasteiger partial charge in [0.25, 0.3) is 5.91 Å². The third-order valence-electron chi connectivity index (χ3n) is 3.72. The number of rotatable bonds is 4. The minimum Gasteiger partial charge on any atom is -0.348 e. The van der Waals surface area contributed by atoms with E-state index in [4.69, 9.17) is 0 Å². The van der Waals surface area contributed by atoms with Gasteiger partial charge < -0.3 is 10.6 Å². The molecule has 2 N–H and O–H groups in total. The first-order chi connectivity index (χ1) is 12.1. The first-order valence-electron chi connectivity index (χ1n) is 8.59. The van der Waals surface area contributed by atoms with Gasteiger partial charge in [-0.25, -0.2) is 4.98 Å². The average Bonchev–Trinajstić information content (AvgIpc) is 3.29. The zero-order valence-electron chi connectivity index (χ0n) is 14.8. The largest absolute Gasteiger partial charge is 0.348 e. The minimum absolute atomic E-state index is 0.173. The molecule has 3 rings (SSSR count). The van der Waals surface area contributed by atoms with Crippen LogP contribution in [0.5, 0.6) is 0 Å². The lowest BCUT2D eigenvalue weighted by molar-refractivity contribution is -0.114. The van der Waals surface area contributed by atoms with Crippen molar-refractivity contribution in [2.24, 2.45) is 0 Å². The Hall–Kier alpha value is -2.77. The van der Waals surface area contributed by atoms with Crippen molar-refractivity contribution in [3.63, 3.8) is 0 Å². The van der Waals surface area contributed by atoms with Crippen LogP contribution in [0, 0.1) is 0 Å². The van der Waals surface area contributed by atoms with Gasteiger partial charge in [-0.05, 0) is 25.0 Å². The van der Waals surface area contributed by atoms with Crippen molar-refractivity contribution in [3.8, 4) is 5.69 Å². The molecule has 0 saturated heterocycles. The molecule has 1 aliphatic rings. The second-order valence-electron chi connectivity index (χ2n) is 5.52. The quantitative estimate of drug-likeness (QED) is 0.886. The maximum atomic E-state index is 12.6. The van der Waals surface area contributed by atoms with Crippen LogP contribution >= 0.6 is 0 Å². The van der Waals surface area contributed by atoms with E-state index in [-0.39, 0.29) is 23.6 Å².